The van der Waals surface area contributed by atoms with E-state index < -0.39 is 5.97 Å². The van der Waals surface area contributed by atoms with Crippen LogP contribution in [0.1, 0.15) is 62.9 Å². The molecule has 0 bridgehead atoms. The van der Waals surface area contributed by atoms with Crippen molar-refractivity contribution in [1.82, 2.24) is 14.7 Å². The molecule has 3 unspecified atom stereocenters. The van der Waals surface area contributed by atoms with Crippen LogP contribution in [0.5, 0.6) is 0 Å². The lowest BCUT2D eigenvalue weighted by Gasteiger charge is -2.33. The van der Waals surface area contributed by atoms with Crippen molar-refractivity contribution in [2.45, 2.75) is 77.4 Å². The first-order chi connectivity index (χ1) is 11.1. The first-order valence-corrected chi connectivity index (χ1v) is 9.08. The lowest BCUT2D eigenvalue weighted by molar-refractivity contribution is -0.142. The van der Waals surface area contributed by atoms with Crippen LogP contribution in [-0.4, -0.2) is 37.8 Å². The van der Waals surface area contributed by atoms with Crippen LogP contribution in [0.4, 0.5) is 0 Å². The Balaban J connectivity index is 1.91. The standard InChI is InChI=1S/C18H29N3O2/c1-4-14-13(15(5-2)20(3)19-14)11-21-16-9-7-6-8-12(16)10-17(21)18(22)23/h12,16-17H,4-11H2,1-3H3,(H,22,23). The summed E-state index contributed by atoms with van der Waals surface area (Å²) < 4.78 is 1.98. The number of nitrogens with zero attached hydrogens (tertiary/aromatic N) is 3. The monoisotopic (exact) mass is 319 g/mol. The normalized spacial score (nSPS) is 28.0. The second kappa shape index (κ2) is 6.63. The molecule has 1 aromatic rings. The summed E-state index contributed by atoms with van der Waals surface area (Å²) in [5, 5.41) is 14.4. The number of aromatic nitrogens is 2. The van der Waals surface area contributed by atoms with Crippen molar-refractivity contribution in [2.24, 2.45) is 13.0 Å². The molecule has 1 saturated heterocycles. The second-order valence-electron chi connectivity index (χ2n) is 7.08. The Labute approximate surface area is 138 Å². The second-order valence-corrected chi connectivity index (χ2v) is 7.08. The molecule has 5 heteroatoms. The lowest BCUT2D eigenvalue weighted by Crippen LogP contribution is -2.42. The van der Waals surface area contributed by atoms with Crippen molar-refractivity contribution in [2.75, 3.05) is 0 Å². The summed E-state index contributed by atoms with van der Waals surface area (Å²) in [4.78, 5) is 14.1. The third kappa shape index (κ3) is 2.91. The Morgan fingerprint density at radius 2 is 2.00 bits per heavy atom. The van der Waals surface area contributed by atoms with E-state index in [-0.39, 0.29) is 6.04 Å². The summed E-state index contributed by atoms with van der Waals surface area (Å²) in [7, 11) is 2.00. The van der Waals surface area contributed by atoms with Gasteiger partial charge in [0.25, 0.3) is 0 Å². The Morgan fingerprint density at radius 1 is 1.26 bits per heavy atom. The summed E-state index contributed by atoms with van der Waals surface area (Å²) in [5.41, 5.74) is 3.66. The van der Waals surface area contributed by atoms with Crippen LogP contribution in [0.25, 0.3) is 0 Å². The number of aliphatic carboxylic acids is 1. The topological polar surface area (TPSA) is 58.4 Å². The molecule has 1 aliphatic carbocycles. The van der Waals surface area contributed by atoms with Crippen LogP contribution >= 0.6 is 0 Å². The zero-order valence-electron chi connectivity index (χ0n) is 14.6. The molecule has 2 heterocycles. The number of hydrogen-bond acceptors (Lipinski definition) is 3. The first-order valence-electron chi connectivity index (χ1n) is 9.08. The predicted octanol–water partition coefficient (Wildman–Crippen LogP) is 2.76. The maximum Gasteiger partial charge on any atom is 0.320 e. The van der Waals surface area contributed by atoms with Gasteiger partial charge in [-0.2, -0.15) is 5.10 Å². The molecule has 1 N–H and O–H groups in total. The molecular weight excluding hydrogens is 290 g/mol. The van der Waals surface area contributed by atoms with E-state index in [2.05, 4.69) is 23.8 Å². The zero-order chi connectivity index (χ0) is 16.6. The minimum atomic E-state index is -0.653. The molecule has 2 fully saturated rings. The van der Waals surface area contributed by atoms with Crippen LogP contribution < -0.4 is 0 Å². The van der Waals surface area contributed by atoms with Crippen molar-refractivity contribution >= 4 is 5.97 Å². The van der Waals surface area contributed by atoms with Gasteiger partial charge in [-0.15, -0.1) is 0 Å². The number of carbonyl (C=O) groups is 1. The molecule has 0 aromatic carbocycles. The Hall–Kier alpha value is -1.36. The molecule has 1 saturated carbocycles. The number of carboxylic acids is 1. The molecular formula is C18H29N3O2. The van der Waals surface area contributed by atoms with Gasteiger partial charge in [-0.3, -0.25) is 14.4 Å². The fourth-order valence-electron chi connectivity index (χ4n) is 4.78. The summed E-state index contributed by atoms with van der Waals surface area (Å²) >= 11 is 0. The molecule has 2 aliphatic rings. The van der Waals surface area contributed by atoms with E-state index >= 15 is 0 Å². The minimum absolute atomic E-state index is 0.322. The molecule has 5 nitrogen and oxygen atoms in total. The maximum absolute atomic E-state index is 11.8. The molecule has 3 atom stereocenters. The van der Waals surface area contributed by atoms with Crippen molar-refractivity contribution < 1.29 is 9.90 Å². The minimum Gasteiger partial charge on any atom is -0.480 e. The highest BCUT2D eigenvalue weighted by Crippen LogP contribution is 2.41. The van der Waals surface area contributed by atoms with Gasteiger partial charge in [0.1, 0.15) is 6.04 Å². The highest BCUT2D eigenvalue weighted by molar-refractivity contribution is 5.74. The molecule has 1 aliphatic heterocycles. The van der Waals surface area contributed by atoms with Gasteiger partial charge < -0.3 is 5.11 Å². The van der Waals surface area contributed by atoms with Crippen LogP contribution in [0.2, 0.25) is 0 Å². The molecule has 23 heavy (non-hydrogen) atoms. The van der Waals surface area contributed by atoms with E-state index in [9.17, 15) is 9.90 Å². The average Bonchev–Trinajstić information content (AvgIpc) is 3.06. The fraction of sp³-hybridized carbons (Fsp3) is 0.778. The van der Waals surface area contributed by atoms with Gasteiger partial charge in [0.05, 0.1) is 5.69 Å². The summed E-state index contributed by atoms with van der Waals surface area (Å²) in [6, 6.07) is 0.122. The highest BCUT2D eigenvalue weighted by atomic mass is 16.4. The van der Waals surface area contributed by atoms with Gasteiger partial charge in [-0.05, 0) is 38.0 Å². The van der Waals surface area contributed by atoms with Crippen molar-refractivity contribution in [3.8, 4) is 0 Å². The molecule has 3 rings (SSSR count). The number of likely N-dealkylation sites (tertiary alicyclic amines) is 1. The van der Waals surface area contributed by atoms with E-state index in [4.69, 9.17) is 0 Å². The third-order valence-corrected chi connectivity index (χ3v) is 5.87. The zero-order valence-corrected chi connectivity index (χ0v) is 14.6. The summed E-state index contributed by atoms with van der Waals surface area (Å²) in [6.07, 6.45) is 7.51. The molecule has 0 spiro atoms. The Morgan fingerprint density at radius 3 is 2.65 bits per heavy atom. The number of hydrogen-bond donors (Lipinski definition) is 1. The van der Waals surface area contributed by atoms with E-state index in [1.54, 1.807) is 0 Å². The van der Waals surface area contributed by atoms with Gasteiger partial charge in [0.15, 0.2) is 0 Å². The lowest BCUT2D eigenvalue weighted by atomic mass is 9.84. The Bertz CT molecular complexity index is 581. The van der Waals surface area contributed by atoms with E-state index in [0.29, 0.717) is 12.0 Å². The van der Waals surface area contributed by atoms with Gasteiger partial charge in [0.2, 0.25) is 0 Å². The highest BCUT2D eigenvalue weighted by Gasteiger charge is 2.45. The van der Waals surface area contributed by atoms with E-state index in [1.807, 2.05) is 11.7 Å². The van der Waals surface area contributed by atoms with E-state index in [0.717, 1.165) is 37.9 Å². The molecule has 1 aromatic heterocycles. The van der Waals surface area contributed by atoms with Crippen LogP contribution in [0.15, 0.2) is 0 Å². The first kappa shape index (κ1) is 16.5. The quantitative estimate of drug-likeness (QED) is 0.906. The SMILES string of the molecule is CCc1nn(C)c(CC)c1CN1C(C(=O)O)CC2CCCCC21. The number of carboxylic acid groups (broad SMARTS) is 1. The maximum atomic E-state index is 11.8. The number of rotatable bonds is 5. The molecule has 0 radical (unpaired) electrons. The van der Waals surface area contributed by atoms with Crippen molar-refractivity contribution in [3.05, 3.63) is 17.0 Å². The van der Waals surface area contributed by atoms with Gasteiger partial charge in [-0.25, -0.2) is 0 Å². The van der Waals surface area contributed by atoms with Gasteiger partial charge in [0, 0.05) is 30.9 Å². The van der Waals surface area contributed by atoms with E-state index in [1.165, 1.54) is 30.5 Å². The van der Waals surface area contributed by atoms with Crippen molar-refractivity contribution in [3.63, 3.8) is 0 Å². The van der Waals surface area contributed by atoms with Crippen LogP contribution in [-0.2, 0) is 31.2 Å². The van der Waals surface area contributed by atoms with Crippen molar-refractivity contribution in [1.29, 1.82) is 0 Å². The van der Waals surface area contributed by atoms with Gasteiger partial charge in [-0.1, -0.05) is 26.7 Å². The summed E-state index contributed by atoms with van der Waals surface area (Å²) in [5.74, 6) is -0.0870. The third-order valence-electron chi connectivity index (χ3n) is 5.87. The molecule has 128 valence electrons. The number of fused-ring (bicyclic) bond motifs is 1. The van der Waals surface area contributed by atoms with Crippen LogP contribution in [0.3, 0.4) is 0 Å². The average molecular weight is 319 g/mol. The smallest absolute Gasteiger partial charge is 0.320 e. The van der Waals surface area contributed by atoms with Gasteiger partial charge >= 0.3 is 5.97 Å². The van der Waals surface area contributed by atoms with Crippen LogP contribution in [0, 0.1) is 5.92 Å². The predicted molar refractivity (Wildman–Crippen MR) is 89.3 cm³/mol. The largest absolute Gasteiger partial charge is 0.480 e. The fourth-order valence-corrected chi connectivity index (χ4v) is 4.78. The molecule has 0 amide bonds. The number of aryl methyl sites for hydroxylation is 2. The Kier molecular flexibility index (Phi) is 4.76. The summed E-state index contributed by atoms with van der Waals surface area (Å²) in [6.45, 7) is 5.04.